The average Bonchev–Trinajstić information content (AvgIpc) is 3.35. The van der Waals surface area contributed by atoms with Crippen LogP contribution in [0.5, 0.6) is 0 Å². The molecular weight excluding hydrogens is 328 g/mol. The van der Waals surface area contributed by atoms with Gasteiger partial charge < -0.3 is 5.32 Å². The number of hydrogen-bond acceptors (Lipinski definition) is 3. The lowest BCUT2D eigenvalue weighted by Gasteiger charge is -2.09. The number of carbonyl (C=O) groups is 1. The molecule has 3 nitrogen and oxygen atoms in total. The van der Waals surface area contributed by atoms with Gasteiger partial charge in [-0.05, 0) is 56.0 Å². The summed E-state index contributed by atoms with van der Waals surface area (Å²) < 4.78 is 0. The Hall–Kier alpha value is -2.46. The molecule has 0 radical (unpaired) electrons. The fraction of sp³-hybridized carbons (Fsp3) is 0.238. The summed E-state index contributed by atoms with van der Waals surface area (Å²) in [6.45, 7) is 4.02. The van der Waals surface area contributed by atoms with E-state index in [-0.39, 0.29) is 5.91 Å². The lowest BCUT2D eigenvalue weighted by Crippen LogP contribution is -2.12. The molecule has 1 amide bonds. The SMILES string of the molecule is Cc1ccc(C)c(NC(=O)c2ccc(-c3csc(C4CC4)n3)cc2)c1. The van der Waals surface area contributed by atoms with Crippen LogP contribution in [0.2, 0.25) is 0 Å². The molecule has 0 aliphatic heterocycles. The first-order chi connectivity index (χ1) is 12.1. The molecule has 4 heteroatoms. The smallest absolute Gasteiger partial charge is 0.255 e. The average molecular weight is 348 g/mol. The molecule has 25 heavy (non-hydrogen) atoms. The molecular formula is C21H20N2OS. The highest BCUT2D eigenvalue weighted by molar-refractivity contribution is 7.10. The monoisotopic (exact) mass is 348 g/mol. The first kappa shape index (κ1) is 16.0. The Balaban J connectivity index is 1.50. The Kier molecular flexibility index (Phi) is 4.14. The predicted molar refractivity (Wildman–Crippen MR) is 103 cm³/mol. The summed E-state index contributed by atoms with van der Waals surface area (Å²) in [5, 5.41) is 6.35. The van der Waals surface area contributed by atoms with Gasteiger partial charge in [-0.1, -0.05) is 24.3 Å². The normalized spacial score (nSPS) is 13.7. The number of benzene rings is 2. The van der Waals surface area contributed by atoms with E-state index < -0.39 is 0 Å². The van der Waals surface area contributed by atoms with E-state index in [1.165, 1.54) is 17.8 Å². The zero-order chi connectivity index (χ0) is 17.4. The van der Waals surface area contributed by atoms with Gasteiger partial charge >= 0.3 is 0 Å². The van der Waals surface area contributed by atoms with Crippen LogP contribution in [0.4, 0.5) is 5.69 Å². The summed E-state index contributed by atoms with van der Waals surface area (Å²) >= 11 is 1.74. The van der Waals surface area contributed by atoms with Crippen molar-refractivity contribution in [2.45, 2.75) is 32.6 Å². The van der Waals surface area contributed by atoms with Crippen molar-refractivity contribution in [3.8, 4) is 11.3 Å². The molecule has 126 valence electrons. The predicted octanol–water partition coefficient (Wildman–Crippen LogP) is 5.56. The maximum atomic E-state index is 12.5. The molecule has 3 aromatic rings. The molecule has 0 spiro atoms. The third kappa shape index (κ3) is 3.49. The Labute approximate surface area is 151 Å². The van der Waals surface area contributed by atoms with Gasteiger partial charge in [0.2, 0.25) is 0 Å². The summed E-state index contributed by atoms with van der Waals surface area (Å²) in [5.74, 6) is 0.596. The van der Waals surface area contributed by atoms with Crippen molar-refractivity contribution in [1.29, 1.82) is 0 Å². The number of nitrogens with zero attached hydrogens (tertiary/aromatic N) is 1. The summed E-state index contributed by atoms with van der Waals surface area (Å²) in [7, 11) is 0. The third-order valence-electron chi connectivity index (χ3n) is 4.53. The molecule has 1 saturated carbocycles. The molecule has 2 aromatic carbocycles. The zero-order valence-corrected chi connectivity index (χ0v) is 15.2. The largest absolute Gasteiger partial charge is 0.322 e. The van der Waals surface area contributed by atoms with Crippen molar-refractivity contribution in [3.63, 3.8) is 0 Å². The van der Waals surface area contributed by atoms with E-state index in [9.17, 15) is 4.79 Å². The second-order valence-corrected chi connectivity index (χ2v) is 7.58. The van der Waals surface area contributed by atoms with Crippen LogP contribution in [0.25, 0.3) is 11.3 Å². The van der Waals surface area contributed by atoms with Crippen molar-refractivity contribution in [2.75, 3.05) is 5.32 Å². The first-order valence-corrected chi connectivity index (χ1v) is 9.42. The Morgan fingerprint density at radius 2 is 1.88 bits per heavy atom. The van der Waals surface area contributed by atoms with Crippen LogP contribution in [0.3, 0.4) is 0 Å². The first-order valence-electron chi connectivity index (χ1n) is 8.54. The minimum Gasteiger partial charge on any atom is -0.322 e. The maximum Gasteiger partial charge on any atom is 0.255 e. The fourth-order valence-electron chi connectivity index (χ4n) is 2.80. The summed E-state index contributed by atoms with van der Waals surface area (Å²) in [4.78, 5) is 17.2. The molecule has 1 aromatic heterocycles. The number of carbonyl (C=O) groups excluding carboxylic acids is 1. The number of aryl methyl sites for hydroxylation is 2. The van der Waals surface area contributed by atoms with E-state index >= 15 is 0 Å². The van der Waals surface area contributed by atoms with Crippen LogP contribution < -0.4 is 5.32 Å². The van der Waals surface area contributed by atoms with Gasteiger partial charge in [-0.2, -0.15) is 0 Å². The van der Waals surface area contributed by atoms with Crippen molar-refractivity contribution < 1.29 is 4.79 Å². The molecule has 1 fully saturated rings. The van der Waals surface area contributed by atoms with Crippen LogP contribution in [-0.4, -0.2) is 10.9 Å². The molecule has 0 unspecified atom stereocenters. The van der Waals surface area contributed by atoms with Gasteiger partial charge in [-0.3, -0.25) is 4.79 Å². The zero-order valence-electron chi connectivity index (χ0n) is 14.4. The molecule has 1 N–H and O–H groups in total. The molecule has 0 saturated heterocycles. The van der Waals surface area contributed by atoms with Crippen molar-refractivity contribution >= 4 is 22.9 Å². The molecule has 1 aliphatic carbocycles. The number of anilines is 1. The minimum absolute atomic E-state index is 0.0859. The minimum atomic E-state index is -0.0859. The number of thiazole rings is 1. The summed E-state index contributed by atoms with van der Waals surface area (Å²) in [6, 6.07) is 13.7. The second-order valence-electron chi connectivity index (χ2n) is 6.70. The van der Waals surface area contributed by atoms with Crippen LogP contribution in [-0.2, 0) is 0 Å². The molecule has 0 bridgehead atoms. The van der Waals surface area contributed by atoms with E-state index in [2.05, 4.69) is 10.7 Å². The summed E-state index contributed by atoms with van der Waals surface area (Å²) in [6.07, 6.45) is 2.54. The van der Waals surface area contributed by atoms with Gasteiger partial charge in [-0.15, -0.1) is 11.3 Å². The number of nitrogens with one attached hydrogen (secondary N) is 1. The standard InChI is InChI=1S/C21H20N2OS/c1-13-3-4-14(2)18(11-13)22-20(24)16-7-5-15(6-8-16)19-12-25-21(23-19)17-9-10-17/h3-8,11-12,17H,9-10H2,1-2H3,(H,22,24). The van der Waals surface area contributed by atoms with Gasteiger partial charge in [0.05, 0.1) is 10.7 Å². The number of aromatic nitrogens is 1. The second kappa shape index (κ2) is 6.45. The van der Waals surface area contributed by atoms with Crippen LogP contribution >= 0.6 is 11.3 Å². The topological polar surface area (TPSA) is 42.0 Å². The number of hydrogen-bond donors (Lipinski definition) is 1. The summed E-state index contributed by atoms with van der Waals surface area (Å²) in [5.41, 5.74) is 5.78. The number of amides is 1. The molecule has 1 aliphatic rings. The van der Waals surface area contributed by atoms with Gasteiger partial charge in [0.15, 0.2) is 0 Å². The fourth-order valence-corrected chi connectivity index (χ4v) is 3.80. The van der Waals surface area contributed by atoms with E-state index in [1.807, 2.05) is 56.3 Å². The third-order valence-corrected chi connectivity index (χ3v) is 5.54. The van der Waals surface area contributed by atoms with Gasteiger partial charge in [0, 0.05) is 28.1 Å². The van der Waals surface area contributed by atoms with Crippen molar-refractivity contribution in [2.24, 2.45) is 0 Å². The maximum absolute atomic E-state index is 12.5. The number of rotatable bonds is 4. The van der Waals surface area contributed by atoms with E-state index in [0.717, 1.165) is 28.1 Å². The lowest BCUT2D eigenvalue weighted by atomic mass is 10.1. The Morgan fingerprint density at radius 3 is 2.60 bits per heavy atom. The highest BCUT2D eigenvalue weighted by atomic mass is 32.1. The Bertz CT molecular complexity index is 923. The van der Waals surface area contributed by atoms with Crippen LogP contribution in [0.1, 0.15) is 45.3 Å². The van der Waals surface area contributed by atoms with E-state index in [0.29, 0.717) is 11.5 Å². The highest BCUT2D eigenvalue weighted by Gasteiger charge is 2.26. The van der Waals surface area contributed by atoms with E-state index in [4.69, 9.17) is 4.98 Å². The van der Waals surface area contributed by atoms with Crippen LogP contribution in [0.15, 0.2) is 47.8 Å². The van der Waals surface area contributed by atoms with Gasteiger partial charge in [0.1, 0.15) is 0 Å². The van der Waals surface area contributed by atoms with Crippen molar-refractivity contribution in [3.05, 3.63) is 69.5 Å². The van der Waals surface area contributed by atoms with Gasteiger partial charge in [-0.25, -0.2) is 4.98 Å². The van der Waals surface area contributed by atoms with Gasteiger partial charge in [0.25, 0.3) is 5.91 Å². The van der Waals surface area contributed by atoms with Crippen molar-refractivity contribution in [1.82, 2.24) is 4.98 Å². The lowest BCUT2D eigenvalue weighted by molar-refractivity contribution is 0.102. The highest BCUT2D eigenvalue weighted by Crippen LogP contribution is 2.42. The quantitative estimate of drug-likeness (QED) is 0.671. The van der Waals surface area contributed by atoms with Crippen LogP contribution in [0, 0.1) is 13.8 Å². The molecule has 4 rings (SSSR count). The molecule has 1 heterocycles. The molecule has 0 atom stereocenters. The Morgan fingerprint density at radius 1 is 1.12 bits per heavy atom. The van der Waals surface area contributed by atoms with E-state index in [1.54, 1.807) is 11.3 Å².